The van der Waals surface area contributed by atoms with Crippen molar-refractivity contribution in [3.05, 3.63) is 65.9 Å². The van der Waals surface area contributed by atoms with Gasteiger partial charge in [-0.05, 0) is 55.2 Å². The number of hydrogen-bond donors (Lipinski definition) is 2. The first kappa shape index (κ1) is 27.1. The lowest BCUT2D eigenvalue weighted by molar-refractivity contribution is -0.137. The molecule has 10 nitrogen and oxygen atoms in total. The highest BCUT2D eigenvalue weighted by Gasteiger charge is 2.39. The maximum absolute atomic E-state index is 12.8. The van der Waals surface area contributed by atoms with E-state index in [1.807, 2.05) is 36.4 Å². The third-order valence-electron chi connectivity index (χ3n) is 7.11. The van der Waals surface area contributed by atoms with Crippen LogP contribution in [0, 0.1) is 0 Å². The topological polar surface area (TPSA) is 127 Å². The smallest absolute Gasteiger partial charge is 0.257 e. The van der Waals surface area contributed by atoms with E-state index in [-0.39, 0.29) is 30.7 Å². The number of rotatable bonds is 12. The third-order valence-corrected chi connectivity index (χ3v) is 7.11. The van der Waals surface area contributed by atoms with Crippen molar-refractivity contribution in [3.8, 4) is 11.5 Å². The van der Waals surface area contributed by atoms with Gasteiger partial charge in [-0.3, -0.25) is 29.5 Å². The van der Waals surface area contributed by atoms with E-state index < -0.39 is 11.9 Å². The predicted molar refractivity (Wildman–Crippen MR) is 147 cm³/mol. The first-order valence-electron chi connectivity index (χ1n) is 13.6. The number of hydrogen-bond acceptors (Lipinski definition) is 7. The van der Waals surface area contributed by atoms with Gasteiger partial charge in [0.2, 0.25) is 11.8 Å². The summed E-state index contributed by atoms with van der Waals surface area (Å²) in [5.74, 6) is 0.203. The summed E-state index contributed by atoms with van der Waals surface area (Å²) in [5, 5.41) is 6.17. The van der Waals surface area contributed by atoms with Gasteiger partial charge in [0.1, 0.15) is 23.1 Å². The molecule has 4 amide bonds. The number of unbranched alkanes of at least 4 members (excludes halogenated alkanes) is 3. The average molecular weight is 545 g/mol. The zero-order valence-corrected chi connectivity index (χ0v) is 22.2. The number of nitrogens with one attached hydrogen (secondary N) is 2. The molecule has 0 bridgehead atoms. The number of amides is 4. The van der Waals surface area contributed by atoms with E-state index in [4.69, 9.17) is 9.47 Å². The van der Waals surface area contributed by atoms with Gasteiger partial charge in [0, 0.05) is 36.7 Å². The van der Waals surface area contributed by atoms with Gasteiger partial charge in [0.25, 0.3) is 11.8 Å². The van der Waals surface area contributed by atoms with Crippen molar-refractivity contribution in [2.45, 2.75) is 51.1 Å². The summed E-state index contributed by atoms with van der Waals surface area (Å²) >= 11 is 0. The second-order valence-corrected chi connectivity index (χ2v) is 9.95. The molecule has 1 aromatic heterocycles. The van der Waals surface area contributed by atoms with Crippen LogP contribution in [-0.2, 0) is 20.9 Å². The van der Waals surface area contributed by atoms with Crippen molar-refractivity contribution in [1.82, 2.24) is 20.5 Å². The number of carbonyl (C=O) groups excluding carboxylic acids is 4. The van der Waals surface area contributed by atoms with Crippen LogP contribution in [0.4, 0.5) is 0 Å². The van der Waals surface area contributed by atoms with E-state index in [0.29, 0.717) is 43.2 Å². The summed E-state index contributed by atoms with van der Waals surface area (Å²) in [6.07, 6.45) is 5.91. The monoisotopic (exact) mass is 544 g/mol. The van der Waals surface area contributed by atoms with Crippen LogP contribution >= 0.6 is 0 Å². The number of pyridine rings is 1. The highest BCUT2D eigenvalue weighted by Crippen LogP contribution is 2.30. The number of benzene rings is 2. The van der Waals surface area contributed by atoms with E-state index in [1.165, 1.54) is 4.90 Å². The quantitative estimate of drug-likeness (QED) is 0.265. The minimum absolute atomic E-state index is 0.0544. The normalized spacial score (nSPS) is 16.6. The number of imide groups is 1. The number of aromatic nitrogens is 1. The lowest BCUT2D eigenvalue weighted by Crippen LogP contribution is -2.52. The highest BCUT2D eigenvalue weighted by atomic mass is 16.5. The minimum atomic E-state index is -0.624. The molecule has 1 saturated heterocycles. The van der Waals surface area contributed by atoms with Gasteiger partial charge in [0.15, 0.2) is 6.61 Å². The Hall–Kier alpha value is -4.47. The highest BCUT2D eigenvalue weighted by molar-refractivity contribution is 6.05. The molecule has 1 unspecified atom stereocenters. The van der Waals surface area contributed by atoms with Crippen LogP contribution in [0.5, 0.6) is 11.5 Å². The van der Waals surface area contributed by atoms with Gasteiger partial charge in [-0.1, -0.05) is 31.0 Å². The predicted octanol–water partition coefficient (Wildman–Crippen LogP) is 3.13. The van der Waals surface area contributed by atoms with Gasteiger partial charge in [-0.25, -0.2) is 0 Å². The molecular formula is C30H32N4O6. The summed E-state index contributed by atoms with van der Waals surface area (Å²) in [4.78, 5) is 54.4. The standard InChI is InChI=1S/C30H32N4O6/c35-26-13-12-24(29(37)33-26)34-18-21-17-22(10-11-23(21)30(34)38)39-16-4-2-1-3-14-31-27(36)19-40-25-9-5-7-20-8-6-15-32-28(20)25/h5-11,15,17,24H,1-4,12-14,16,18-19H2,(H,31,36)(H,33,35,37). The third kappa shape index (κ3) is 6.39. The molecule has 3 heterocycles. The van der Waals surface area contributed by atoms with Crippen LogP contribution in [-0.4, -0.2) is 59.3 Å². The first-order chi connectivity index (χ1) is 19.5. The zero-order chi connectivity index (χ0) is 27.9. The molecule has 40 heavy (non-hydrogen) atoms. The molecule has 208 valence electrons. The van der Waals surface area contributed by atoms with Gasteiger partial charge in [0.05, 0.1) is 6.61 Å². The summed E-state index contributed by atoms with van der Waals surface area (Å²) in [7, 11) is 0. The second kappa shape index (κ2) is 12.6. The van der Waals surface area contributed by atoms with Gasteiger partial charge >= 0.3 is 0 Å². The van der Waals surface area contributed by atoms with Crippen LogP contribution in [0.1, 0.15) is 54.4 Å². The number of carbonyl (C=O) groups is 4. The molecule has 0 aliphatic carbocycles. The number of para-hydroxylation sites is 1. The van der Waals surface area contributed by atoms with Gasteiger partial charge in [-0.2, -0.15) is 0 Å². The maximum Gasteiger partial charge on any atom is 0.257 e. The first-order valence-corrected chi connectivity index (χ1v) is 13.6. The average Bonchev–Trinajstić information content (AvgIpc) is 3.28. The van der Waals surface area contributed by atoms with E-state index in [0.717, 1.165) is 42.1 Å². The molecule has 0 radical (unpaired) electrons. The Labute approximate surface area is 232 Å². The van der Waals surface area contributed by atoms with Crippen molar-refractivity contribution in [2.75, 3.05) is 19.8 Å². The van der Waals surface area contributed by atoms with Gasteiger partial charge < -0.3 is 19.7 Å². The fourth-order valence-corrected chi connectivity index (χ4v) is 5.03. The SMILES string of the molecule is O=C(COc1cccc2cccnc12)NCCCCCCOc1ccc2c(c1)CN(C1CCC(=O)NC1=O)C2=O. The summed E-state index contributed by atoms with van der Waals surface area (Å²) in [6, 6.07) is 14.2. The minimum Gasteiger partial charge on any atom is -0.494 e. The van der Waals surface area contributed by atoms with E-state index >= 15 is 0 Å². The Balaban J connectivity index is 0.959. The molecule has 2 aliphatic heterocycles. The molecule has 2 aliphatic rings. The Morgan fingerprint density at radius 2 is 1.88 bits per heavy atom. The number of ether oxygens (including phenoxy) is 2. The molecule has 5 rings (SSSR count). The zero-order valence-electron chi connectivity index (χ0n) is 22.2. The lowest BCUT2D eigenvalue weighted by Gasteiger charge is -2.29. The number of fused-ring (bicyclic) bond motifs is 2. The summed E-state index contributed by atoms with van der Waals surface area (Å²) < 4.78 is 11.6. The summed E-state index contributed by atoms with van der Waals surface area (Å²) in [5.41, 5.74) is 2.13. The Morgan fingerprint density at radius 1 is 1.02 bits per heavy atom. The Kier molecular flexibility index (Phi) is 8.53. The van der Waals surface area contributed by atoms with Crippen molar-refractivity contribution in [2.24, 2.45) is 0 Å². The Bertz CT molecular complexity index is 1420. The van der Waals surface area contributed by atoms with E-state index in [2.05, 4.69) is 15.6 Å². The van der Waals surface area contributed by atoms with Crippen molar-refractivity contribution in [1.29, 1.82) is 0 Å². The lowest BCUT2D eigenvalue weighted by atomic mass is 10.0. The fraction of sp³-hybridized carbons (Fsp3) is 0.367. The molecule has 3 aromatic rings. The van der Waals surface area contributed by atoms with Crippen molar-refractivity contribution < 1.29 is 28.7 Å². The fourth-order valence-electron chi connectivity index (χ4n) is 5.03. The van der Waals surface area contributed by atoms with E-state index in [1.54, 1.807) is 18.3 Å². The van der Waals surface area contributed by atoms with Crippen LogP contribution < -0.4 is 20.1 Å². The maximum atomic E-state index is 12.8. The molecule has 1 atom stereocenters. The molecule has 2 aromatic carbocycles. The van der Waals surface area contributed by atoms with Crippen LogP contribution in [0.25, 0.3) is 10.9 Å². The van der Waals surface area contributed by atoms with Gasteiger partial charge in [-0.15, -0.1) is 0 Å². The molecule has 0 spiro atoms. The van der Waals surface area contributed by atoms with Crippen molar-refractivity contribution in [3.63, 3.8) is 0 Å². The molecule has 10 heteroatoms. The second-order valence-electron chi connectivity index (χ2n) is 9.95. The Morgan fingerprint density at radius 3 is 2.75 bits per heavy atom. The number of piperidine rings is 1. The van der Waals surface area contributed by atoms with E-state index in [9.17, 15) is 19.2 Å². The molecule has 2 N–H and O–H groups in total. The van der Waals surface area contributed by atoms with Crippen LogP contribution in [0.3, 0.4) is 0 Å². The summed E-state index contributed by atoms with van der Waals surface area (Å²) in [6.45, 7) is 1.40. The number of nitrogens with zero attached hydrogens (tertiary/aromatic N) is 2. The van der Waals surface area contributed by atoms with Crippen LogP contribution in [0.15, 0.2) is 54.7 Å². The molecular weight excluding hydrogens is 512 g/mol. The molecule has 1 fully saturated rings. The van der Waals surface area contributed by atoms with Crippen molar-refractivity contribution >= 4 is 34.5 Å². The van der Waals surface area contributed by atoms with Crippen LogP contribution in [0.2, 0.25) is 0 Å². The largest absolute Gasteiger partial charge is 0.494 e. The molecule has 0 saturated carbocycles.